The lowest BCUT2D eigenvalue weighted by Crippen LogP contribution is -2.06. The van der Waals surface area contributed by atoms with Crippen molar-refractivity contribution in [1.82, 2.24) is 0 Å². The smallest absolute Gasteiger partial charge is 0.341 e. The number of hydrogen-bond donors (Lipinski definition) is 1. The lowest BCUT2D eigenvalue weighted by atomic mass is 10.0. The van der Waals surface area contributed by atoms with Crippen LogP contribution in [0.2, 0.25) is 0 Å². The molecule has 0 aliphatic carbocycles. The van der Waals surface area contributed by atoms with E-state index in [0.717, 1.165) is 0 Å². The first kappa shape index (κ1) is 12.3. The van der Waals surface area contributed by atoms with E-state index < -0.39 is 5.97 Å². The predicted molar refractivity (Wildman–Crippen MR) is 58.3 cm³/mol. The van der Waals surface area contributed by atoms with E-state index in [-0.39, 0.29) is 29.4 Å². The summed E-state index contributed by atoms with van der Waals surface area (Å²) in [4.78, 5) is 11.4. The highest BCUT2D eigenvalue weighted by Crippen LogP contribution is 2.27. The third kappa shape index (κ3) is 2.26. The molecule has 0 spiro atoms. The van der Waals surface area contributed by atoms with Crippen molar-refractivity contribution in [2.24, 2.45) is 0 Å². The third-order valence-electron chi connectivity index (χ3n) is 2.02. The van der Waals surface area contributed by atoms with Crippen LogP contribution in [0.1, 0.15) is 28.4 Å². The second-order valence-electron chi connectivity index (χ2n) is 2.96. The van der Waals surface area contributed by atoms with Crippen molar-refractivity contribution in [3.8, 4) is 11.8 Å². The van der Waals surface area contributed by atoms with Crippen LogP contribution in [0.4, 0.5) is 0 Å². The van der Waals surface area contributed by atoms with Gasteiger partial charge in [-0.3, -0.25) is 0 Å². The van der Waals surface area contributed by atoms with E-state index in [4.69, 9.17) is 21.6 Å². The van der Waals surface area contributed by atoms with Gasteiger partial charge in [-0.25, -0.2) is 4.79 Å². The van der Waals surface area contributed by atoms with Crippen LogP contribution >= 0.6 is 11.6 Å². The Balaban J connectivity index is 3.25. The Hall–Kier alpha value is -1.73. The number of rotatable bonds is 3. The molecule has 0 aliphatic heterocycles. The molecule has 84 valence electrons. The Kier molecular flexibility index (Phi) is 4.15. The summed E-state index contributed by atoms with van der Waals surface area (Å²) in [5, 5.41) is 18.6. The molecular formula is C11H10ClNO3. The lowest BCUT2D eigenvalue weighted by Gasteiger charge is -2.07. The fourth-order valence-electron chi connectivity index (χ4n) is 1.24. The van der Waals surface area contributed by atoms with Gasteiger partial charge in [0.2, 0.25) is 0 Å². The standard InChI is InChI=1S/C11H10ClNO3/c1-2-16-11(15)8-4-3-7(5-12)9(6-13)10(8)14/h3-4,14H,2,5H2,1H3. The summed E-state index contributed by atoms with van der Waals surface area (Å²) in [6, 6.07) is 4.73. The number of nitriles is 1. The Bertz CT molecular complexity index is 451. The molecule has 0 amide bonds. The first-order chi connectivity index (χ1) is 7.65. The number of halogens is 1. The average molecular weight is 240 g/mol. The number of alkyl halides is 1. The summed E-state index contributed by atoms with van der Waals surface area (Å²) in [5.74, 6) is -0.934. The molecule has 0 heterocycles. The van der Waals surface area contributed by atoms with E-state index >= 15 is 0 Å². The minimum atomic E-state index is -0.655. The normalized spacial score (nSPS) is 9.56. The van der Waals surface area contributed by atoms with Crippen molar-refractivity contribution >= 4 is 17.6 Å². The van der Waals surface area contributed by atoms with E-state index in [2.05, 4.69) is 0 Å². The van der Waals surface area contributed by atoms with Gasteiger partial charge in [0.25, 0.3) is 0 Å². The van der Waals surface area contributed by atoms with E-state index in [0.29, 0.717) is 5.56 Å². The number of hydrogen-bond acceptors (Lipinski definition) is 4. The predicted octanol–water partition coefficient (Wildman–Crippen LogP) is 2.18. The van der Waals surface area contributed by atoms with Crippen molar-refractivity contribution in [1.29, 1.82) is 5.26 Å². The molecule has 1 rings (SSSR count). The molecule has 0 radical (unpaired) electrons. The first-order valence-corrected chi connectivity index (χ1v) is 5.17. The van der Waals surface area contributed by atoms with Crippen molar-refractivity contribution < 1.29 is 14.6 Å². The van der Waals surface area contributed by atoms with E-state index in [1.165, 1.54) is 12.1 Å². The number of aromatic hydroxyl groups is 1. The van der Waals surface area contributed by atoms with Crippen LogP contribution in [0.3, 0.4) is 0 Å². The summed E-state index contributed by atoms with van der Waals surface area (Å²) < 4.78 is 4.74. The van der Waals surface area contributed by atoms with Crippen molar-refractivity contribution in [2.45, 2.75) is 12.8 Å². The quantitative estimate of drug-likeness (QED) is 0.648. The Morgan fingerprint density at radius 2 is 2.31 bits per heavy atom. The number of phenols is 1. The van der Waals surface area contributed by atoms with Crippen LogP contribution in [0.5, 0.6) is 5.75 Å². The molecule has 0 saturated heterocycles. The fourth-order valence-corrected chi connectivity index (χ4v) is 1.47. The van der Waals surface area contributed by atoms with Gasteiger partial charge in [0.1, 0.15) is 17.4 Å². The molecule has 0 saturated carbocycles. The third-order valence-corrected chi connectivity index (χ3v) is 2.30. The molecule has 0 bridgehead atoms. The minimum Gasteiger partial charge on any atom is -0.506 e. The number of ether oxygens (including phenoxy) is 1. The summed E-state index contributed by atoms with van der Waals surface area (Å²) in [7, 11) is 0. The number of phenolic OH excluding ortho intramolecular Hbond substituents is 1. The number of esters is 1. The Labute approximate surface area is 98.0 Å². The Morgan fingerprint density at radius 1 is 1.62 bits per heavy atom. The van der Waals surface area contributed by atoms with Crippen LogP contribution in [0, 0.1) is 11.3 Å². The van der Waals surface area contributed by atoms with Crippen molar-refractivity contribution in [3.63, 3.8) is 0 Å². The maximum Gasteiger partial charge on any atom is 0.341 e. The largest absolute Gasteiger partial charge is 0.506 e. The van der Waals surface area contributed by atoms with Gasteiger partial charge >= 0.3 is 5.97 Å². The summed E-state index contributed by atoms with van der Waals surface area (Å²) in [5.41, 5.74) is 0.475. The molecule has 0 aliphatic rings. The highest BCUT2D eigenvalue weighted by molar-refractivity contribution is 6.17. The van der Waals surface area contributed by atoms with E-state index in [1.807, 2.05) is 6.07 Å². The van der Waals surface area contributed by atoms with Gasteiger partial charge in [-0.15, -0.1) is 11.6 Å². The molecule has 16 heavy (non-hydrogen) atoms. The first-order valence-electron chi connectivity index (χ1n) is 4.63. The minimum absolute atomic E-state index is 0.0144. The monoisotopic (exact) mass is 239 g/mol. The highest BCUT2D eigenvalue weighted by Gasteiger charge is 2.17. The Morgan fingerprint density at radius 3 is 2.81 bits per heavy atom. The summed E-state index contributed by atoms with van der Waals surface area (Å²) in [6.45, 7) is 1.87. The molecule has 0 unspecified atom stereocenters. The molecule has 0 fully saturated rings. The maximum atomic E-state index is 11.4. The topological polar surface area (TPSA) is 70.3 Å². The molecular weight excluding hydrogens is 230 g/mol. The molecule has 1 aromatic carbocycles. The van der Waals surface area contributed by atoms with Gasteiger partial charge in [0.05, 0.1) is 12.2 Å². The maximum absolute atomic E-state index is 11.4. The van der Waals surface area contributed by atoms with Crippen LogP contribution in [-0.2, 0) is 10.6 Å². The summed E-state index contributed by atoms with van der Waals surface area (Å²) >= 11 is 5.60. The highest BCUT2D eigenvalue weighted by atomic mass is 35.5. The molecule has 1 aromatic rings. The lowest BCUT2D eigenvalue weighted by molar-refractivity contribution is 0.0523. The van der Waals surface area contributed by atoms with Crippen LogP contribution in [0.25, 0.3) is 0 Å². The second kappa shape index (κ2) is 5.38. The summed E-state index contributed by atoms with van der Waals surface area (Å²) in [6.07, 6.45) is 0. The van der Waals surface area contributed by atoms with Crippen LogP contribution in [-0.4, -0.2) is 17.7 Å². The molecule has 1 N–H and O–H groups in total. The van der Waals surface area contributed by atoms with Gasteiger partial charge < -0.3 is 9.84 Å². The molecule has 4 nitrogen and oxygen atoms in total. The zero-order valence-corrected chi connectivity index (χ0v) is 9.41. The average Bonchev–Trinajstić information content (AvgIpc) is 2.28. The van der Waals surface area contributed by atoms with E-state index in [9.17, 15) is 9.90 Å². The van der Waals surface area contributed by atoms with E-state index in [1.54, 1.807) is 6.92 Å². The molecule has 0 aromatic heterocycles. The van der Waals surface area contributed by atoms with Gasteiger partial charge in [-0.1, -0.05) is 6.07 Å². The zero-order chi connectivity index (χ0) is 12.1. The fraction of sp³-hybridized carbons (Fsp3) is 0.273. The number of carbonyl (C=O) groups excluding carboxylic acids is 1. The molecule has 0 atom stereocenters. The van der Waals surface area contributed by atoms with Gasteiger partial charge in [0, 0.05) is 5.88 Å². The van der Waals surface area contributed by atoms with Crippen LogP contribution < -0.4 is 0 Å². The van der Waals surface area contributed by atoms with Crippen LogP contribution in [0.15, 0.2) is 12.1 Å². The zero-order valence-electron chi connectivity index (χ0n) is 8.66. The van der Waals surface area contributed by atoms with Gasteiger partial charge in [-0.2, -0.15) is 5.26 Å². The second-order valence-corrected chi connectivity index (χ2v) is 3.23. The van der Waals surface area contributed by atoms with Crippen molar-refractivity contribution in [3.05, 3.63) is 28.8 Å². The van der Waals surface area contributed by atoms with Crippen molar-refractivity contribution in [2.75, 3.05) is 6.61 Å². The number of carbonyl (C=O) groups is 1. The van der Waals surface area contributed by atoms with Gasteiger partial charge in [0.15, 0.2) is 0 Å². The number of benzene rings is 1. The number of nitrogens with zero attached hydrogens (tertiary/aromatic N) is 1. The van der Waals surface area contributed by atoms with Gasteiger partial charge in [-0.05, 0) is 18.6 Å². The molecule has 5 heteroatoms. The SMILES string of the molecule is CCOC(=O)c1ccc(CCl)c(C#N)c1O.